The van der Waals surface area contributed by atoms with Crippen molar-refractivity contribution in [2.24, 2.45) is 0 Å². The SMILES string of the molecule is CC(O)N(C)C.CN(CCO)CCO. The Morgan fingerprint density at radius 1 is 1.00 bits per heavy atom. The van der Waals surface area contributed by atoms with Crippen molar-refractivity contribution in [1.82, 2.24) is 9.80 Å². The van der Waals surface area contributed by atoms with Crippen LogP contribution in [0.15, 0.2) is 0 Å². The zero-order valence-electron chi connectivity index (χ0n) is 9.64. The highest BCUT2D eigenvalue weighted by atomic mass is 16.3. The van der Waals surface area contributed by atoms with Crippen LogP contribution in [0.5, 0.6) is 0 Å². The molecule has 5 heteroatoms. The third-order valence-corrected chi connectivity index (χ3v) is 1.71. The summed E-state index contributed by atoms with van der Waals surface area (Å²) in [5, 5.41) is 25.2. The number of rotatable bonds is 5. The van der Waals surface area contributed by atoms with Crippen molar-refractivity contribution in [2.45, 2.75) is 13.2 Å². The van der Waals surface area contributed by atoms with Gasteiger partial charge in [-0.1, -0.05) is 0 Å². The Kier molecular flexibility index (Phi) is 12.6. The first kappa shape index (κ1) is 16.2. The number of likely N-dealkylation sites (N-methyl/N-ethyl adjacent to an activating group) is 1. The molecule has 0 heterocycles. The Morgan fingerprint density at radius 3 is 1.43 bits per heavy atom. The van der Waals surface area contributed by atoms with Gasteiger partial charge in [0.2, 0.25) is 0 Å². The van der Waals surface area contributed by atoms with Crippen LogP contribution >= 0.6 is 0 Å². The molecule has 0 aromatic rings. The molecule has 1 unspecified atom stereocenters. The second-order valence-corrected chi connectivity index (χ2v) is 3.35. The summed E-state index contributed by atoms with van der Waals surface area (Å²) in [5.74, 6) is 0. The fourth-order valence-corrected chi connectivity index (χ4v) is 0.453. The molecule has 0 aliphatic carbocycles. The lowest BCUT2D eigenvalue weighted by Gasteiger charge is -2.11. The molecule has 0 rings (SSSR count). The maximum absolute atomic E-state index is 8.56. The van der Waals surface area contributed by atoms with Gasteiger partial charge in [0.25, 0.3) is 0 Å². The molecule has 0 amide bonds. The molecule has 0 bridgehead atoms. The van der Waals surface area contributed by atoms with Gasteiger partial charge in [-0.05, 0) is 28.1 Å². The normalized spacial score (nSPS) is 12.6. The molecule has 0 aliphatic rings. The molecule has 3 N–H and O–H groups in total. The minimum atomic E-state index is -0.315. The van der Waals surface area contributed by atoms with Crippen LogP contribution in [-0.2, 0) is 0 Å². The van der Waals surface area contributed by atoms with Gasteiger partial charge >= 0.3 is 0 Å². The highest BCUT2D eigenvalue weighted by molar-refractivity contribution is 4.45. The highest BCUT2D eigenvalue weighted by Crippen LogP contribution is 1.79. The molecule has 0 aliphatic heterocycles. The molecule has 14 heavy (non-hydrogen) atoms. The van der Waals surface area contributed by atoms with E-state index in [0.29, 0.717) is 13.1 Å². The van der Waals surface area contributed by atoms with Crippen molar-refractivity contribution >= 4 is 0 Å². The summed E-state index contributed by atoms with van der Waals surface area (Å²) < 4.78 is 0. The monoisotopic (exact) mass is 208 g/mol. The summed E-state index contributed by atoms with van der Waals surface area (Å²) in [6, 6.07) is 0. The van der Waals surface area contributed by atoms with E-state index >= 15 is 0 Å². The Balaban J connectivity index is 0. The number of aliphatic hydroxyl groups excluding tert-OH is 3. The van der Waals surface area contributed by atoms with Gasteiger partial charge in [-0.15, -0.1) is 0 Å². The van der Waals surface area contributed by atoms with Crippen LogP contribution in [0, 0.1) is 0 Å². The van der Waals surface area contributed by atoms with E-state index < -0.39 is 0 Å². The standard InChI is InChI=1S/C5H13NO2.C4H11NO/c1-6(2-4-7)3-5-8;1-4(6)5(2)3/h7-8H,2-5H2,1H3;4,6H,1-3H3. The predicted molar refractivity (Wildman–Crippen MR) is 57.0 cm³/mol. The van der Waals surface area contributed by atoms with E-state index in [0.717, 1.165) is 0 Å². The average Bonchev–Trinajstić information content (AvgIpc) is 2.06. The quantitative estimate of drug-likeness (QED) is 0.495. The van der Waals surface area contributed by atoms with Crippen molar-refractivity contribution in [3.8, 4) is 0 Å². The van der Waals surface area contributed by atoms with Crippen molar-refractivity contribution in [1.29, 1.82) is 0 Å². The van der Waals surface area contributed by atoms with Gasteiger partial charge in [0, 0.05) is 13.1 Å². The summed E-state index contributed by atoms with van der Waals surface area (Å²) in [4.78, 5) is 3.58. The van der Waals surface area contributed by atoms with E-state index in [4.69, 9.17) is 15.3 Å². The Morgan fingerprint density at radius 2 is 1.29 bits per heavy atom. The van der Waals surface area contributed by atoms with Gasteiger partial charge in [-0.3, -0.25) is 4.90 Å². The van der Waals surface area contributed by atoms with E-state index in [1.54, 1.807) is 11.8 Å². The second-order valence-electron chi connectivity index (χ2n) is 3.35. The van der Waals surface area contributed by atoms with Crippen molar-refractivity contribution < 1.29 is 15.3 Å². The molecule has 1 atom stereocenters. The summed E-state index contributed by atoms with van der Waals surface area (Å²) in [7, 11) is 5.50. The molecule has 0 radical (unpaired) electrons. The fourth-order valence-electron chi connectivity index (χ4n) is 0.453. The highest BCUT2D eigenvalue weighted by Gasteiger charge is 1.92. The van der Waals surface area contributed by atoms with Gasteiger partial charge < -0.3 is 20.2 Å². The topological polar surface area (TPSA) is 67.2 Å². The maximum atomic E-state index is 8.56. The summed E-state index contributed by atoms with van der Waals surface area (Å²) in [6.45, 7) is 3.33. The molecule has 0 saturated heterocycles. The van der Waals surface area contributed by atoms with Gasteiger partial charge in [0.05, 0.1) is 13.2 Å². The fraction of sp³-hybridized carbons (Fsp3) is 1.00. The van der Waals surface area contributed by atoms with E-state index in [1.807, 2.05) is 26.0 Å². The van der Waals surface area contributed by atoms with Crippen LogP contribution < -0.4 is 0 Å². The largest absolute Gasteiger partial charge is 0.395 e. The van der Waals surface area contributed by atoms with Crippen LogP contribution in [0.2, 0.25) is 0 Å². The minimum Gasteiger partial charge on any atom is -0.395 e. The summed E-state index contributed by atoms with van der Waals surface area (Å²) in [6.07, 6.45) is -0.315. The zero-order valence-corrected chi connectivity index (χ0v) is 9.64. The van der Waals surface area contributed by atoms with E-state index in [1.165, 1.54) is 0 Å². The number of nitrogens with zero attached hydrogens (tertiary/aromatic N) is 2. The van der Waals surface area contributed by atoms with Crippen LogP contribution in [0.1, 0.15) is 6.92 Å². The van der Waals surface area contributed by atoms with E-state index in [-0.39, 0.29) is 19.4 Å². The van der Waals surface area contributed by atoms with E-state index in [9.17, 15) is 0 Å². The molecule has 0 saturated carbocycles. The zero-order chi connectivity index (χ0) is 11.6. The molecule has 0 spiro atoms. The molecule has 88 valence electrons. The Labute approximate surface area is 86.6 Å². The molecular formula is C9H24N2O3. The Hall–Kier alpha value is -0.200. The van der Waals surface area contributed by atoms with Crippen molar-refractivity contribution in [3.05, 3.63) is 0 Å². The lowest BCUT2D eigenvalue weighted by Crippen LogP contribution is -2.25. The molecule has 0 aromatic heterocycles. The molecular weight excluding hydrogens is 184 g/mol. The predicted octanol–water partition coefficient (Wildman–Crippen LogP) is -1.21. The first-order chi connectivity index (χ1) is 6.45. The summed E-state index contributed by atoms with van der Waals surface area (Å²) in [5.41, 5.74) is 0. The summed E-state index contributed by atoms with van der Waals surface area (Å²) >= 11 is 0. The van der Waals surface area contributed by atoms with Gasteiger partial charge in [-0.25, -0.2) is 0 Å². The van der Waals surface area contributed by atoms with Crippen LogP contribution in [-0.4, -0.2) is 78.8 Å². The van der Waals surface area contributed by atoms with Gasteiger partial charge in [-0.2, -0.15) is 0 Å². The van der Waals surface area contributed by atoms with Crippen LogP contribution in [0.3, 0.4) is 0 Å². The average molecular weight is 208 g/mol. The maximum Gasteiger partial charge on any atom is 0.104 e. The minimum absolute atomic E-state index is 0.163. The van der Waals surface area contributed by atoms with Gasteiger partial charge in [0.15, 0.2) is 0 Å². The lowest BCUT2D eigenvalue weighted by atomic mass is 10.5. The number of hydrogen-bond acceptors (Lipinski definition) is 5. The first-order valence-corrected chi connectivity index (χ1v) is 4.70. The molecule has 0 aromatic carbocycles. The van der Waals surface area contributed by atoms with Crippen molar-refractivity contribution in [2.75, 3.05) is 47.4 Å². The smallest absolute Gasteiger partial charge is 0.104 e. The van der Waals surface area contributed by atoms with Crippen molar-refractivity contribution in [3.63, 3.8) is 0 Å². The third-order valence-electron chi connectivity index (χ3n) is 1.71. The van der Waals surface area contributed by atoms with Crippen LogP contribution in [0.25, 0.3) is 0 Å². The number of aliphatic hydroxyl groups is 3. The first-order valence-electron chi connectivity index (χ1n) is 4.70. The van der Waals surface area contributed by atoms with Crippen LogP contribution in [0.4, 0.5) is 0 Å². The van der Waals surface area contributed by atoms with E-state index in [2.05, 4.69) is 0 Å². The second kappa shape index (κ2) is 10.9. The molecule has 0 fully saturated rings. The lowest BCUT2D eigenvalue weighted by molar-refractivity contribution is 0.0578. The molecule has 5 nitrogen and oxygen atoms in total. The van der Waals surface area contributed by atoms with Gasteiger partial charge in [0.1, 0.15) is 6.23 Å². The third kappa shape index (κ3) is 14.3. The Bertz CT molecular complexity index is 98.2. The number of hydrogen-bond donors (Lipinski definition) is 3.